The van der Waals surface area contributed by atoms with E-state index in [9.17, 15) is 15.0 Å². The van der Waals surface area contributed by atoms with E-state index in [2.05, 4.69) is 13.0 Å². The Morgan fingerprint density at radius 3 is 2.36 bits per heavy atom. The maximum atomic E-state index is 10.2. The molecule has 1 atom stereocenters. The van der Waals surface area contributed by atoms with E-state index in [1.54, 1.807) is 0 Å². The van der Waals surface area contributed by atoms with Crippen molar-refractivity contribution in [3.05, 3.63) is 36.5 Å². The minimum absolute atomic E-state index is 0. The Morgan fingerprint density at radius 2 is 1.73 bits per heavy atom. The van der Waals surface area contributed by atoms with Crippen LogP contribution in [-0.4, -0.2) is 17.2 Å². The molecule has 0 radical (unpaired) electrons. The van der Waals surface area contributed by atoms with Gasteiger partial charge in [-0.15, -0.1) is 0 Å². The summed E-state index contributed by atoms with van der Waals surface area (Å²) in [6.07, 6.45) is 19.1. The number of carboxylic acids is 1. The molecule has 1 N–H and O–H groups in total. The number of rotatable bonds is 13. The van der Waals surface area contributed by atoms with Crippen molar-refractivity contribution in [2.75, 3.05) is 0 Å². The second-order valence-corrected chi connectivity index (χ2v) is 5.24. The van der Waals surface area contributed by atoms with E-state index in [1.807, 2.05) is 30.4 Å². The van der Waals surface area contributed by atoms with Gasteiger partial charge >= 0.3 is 51.4 Å². The van der Waals surface area contributed by atoms with Crippen molar-refractivity contribution in [3.63, 3.8) is 0 Å². The Hall–Kier alpha value is 0.286. The minimum Gasteiger partial charge on any atom is -0.550 e. The van der Waals surface area contributed by atoms with E-state index < -0.39 is 5.97 Å². The molecular weight excluding hydrogens is 303 g/mol. The quantitative estimate of drug-likeness (QED) is 0.300. The van der Waals surface area contributed by atoms with Crippen LogP contribution in [0.2, 0.25) is 0 Å². The number of hydrogen-bond donors (Lipinski definition) is 1. The standard InChI is InChI=1S/C18H30O3.K/c1-2-3-4-5-6-7-8-9-11-14-17(19)15-12-10-13-16-18(20)21;/h5-9,11,17,19H,2-4,10,12-16H2,1H3,(H,20,21);/q;+1/p-1/b6-5+,8-7+,11-9+;. The zero-order chi connectivity index (χ0) is 15.8. The van der Waals surface area contributed by atoms with Crippen molar-refractivity contribution in [1.82, 2.24) is 0 Å². The Kier molecular flexibility index (Phi) is 21.6. The molecule has 0 bridgehead atoms. The van der Waals surface area contributed by atoms with Gasteiger partial charge in [0.25, 0.3) is 0 Å². The van der Waals surface area contributed by atoms with Gasteiger partial charge in [0.05, 0.1) is 6.10 Å². The molecule has 0 heterocycles. The molecule has 0 saturated heterocycles. The first-order valence-corrected chi connectivity index (χ1v) is 8.03. The first kappa shape index (κ1) is 24.5. The third-order valence-corrected chi connectivity index (χ3v) is 3.16. The minimum atomic E-state index is -0.992. The topological polar surface area (TPSA) is 60.4 Å². The molecule has 0 aliphatic rings. The van der Waals surface area contributed by atoms with Gasteiger partial charge in [-0.25, -0.2) is 0 Å². The summed E-state index contributed by atoms with van der Waals surface area (Å²) in [6, 6.07) is 0. The van der Waals surface area contributed by atoms with Crippen LogP contribution < -0.4 is 56.5 Å². The zero-order valence-corrected chi connectivity index (χ0v) is 17.3. The number of aliphatic hydroxyl groups excluding tert-OH is 1. The van der Waals surface area contributed by atoms with Gasteiger partial charge in [0, 0.05) is 5.97 Å². The molecule has 0 saturated carbocycles. The van der Waals surface area contributed by atoms with Crippen molar-refractivity contribution in [2.24, 2.45) is 0 Å². The van der Waals surface area contributed by atoms with Gasteiger partial charge in [-0.2, -0.15) is 0 Å². The van der Waals surface area contributed by atoms with E-state index in [4.69, 9.17) is 0 Å². The molecule has 0 aliphatic heterocycles. The average molecular weight is 333 g/mol. The third kappa shape index (κ3) is 20.3. The molecule has 0 spiro atoms. The SMILES string of the molecule is CCCC/C=C/C=C/C=C/CC(O)CCCCCC(=O)[O-].[K+]. The van der Waals surface area contributed by atoms with E-state index in [-0.39, 0.29) is 63.9 Å². The first-order valence-electron chi connectivity index (χ1n) is 8.03. The number of aliphatic carboxylic acids is 1. The van der Waals surface area contributed by atoms with Crippen LogP contribution >= 0.6 is 0 Å². The molecule has 22 heavy (non-hydrogen) atoms. The molecule has 0 aromatic rings. The van der Waals surface area contributed by atoms with Gasteiger partial charge in [-0.05, 0) is 32.1 Å². The third-order valence-electron chi connectivity index (χ3n) is 3.16. The summed E-state index contributed by atoms with van der Waals surface area (Å²) in [4.78, 5) is 10.2. The summed E-state index contributed by atoms with van der Waals surface area (Å²) >= 11 is 0. The van der Waals surface area contributed by atoms with Crippen LogP contribution in [0.15, 0.2) is 36.5 Å². The van der Waals surface area contributed by atoms with Crippen LogP contribution in [0, 0.1) is 0 Å². The van der Waals surface area contributed by atoms with Crippen LogP contribution in [0.25, 0.3) is 0 Å². The van der Waals surface area contributed by atoms with Crippen LogP contribution in [0.3, 0.4) is 0 Å². The summed E-state index contributed by atoms with van der Waals surface area (Å²) in [6.45, 7) is 2.18. The number of carbonyl (C=O) groups excluding carboxylic acids is 1. The summed E-state index contributed by atoms with van der Waals surface area (Å²) in [5.74, 6) is -0.992. The van der Waals surface area contributed by atoms with Gasteiger partial charge in [-0.3, -0.25) is 0 Å². The number of unbranched alkanes of at least 4 members (excludes halogenated alkanes) is 4. The van der Waals surface area contributed by atoms with Gasteiger partial charge in [-0.1, -0.05) is 69.1 Å². The Balaban J connectivity index is 0. The molecule has 1 unspecified atom stereocenters. The maximum absolute atomic E-state index is 10.2. The predicted octanol–water partition coefficient (Wildman–Crippen LogP) is 0.301. The average Bonchev–Trinajstić information content (AvgIpc) is 2.45. The monoisotopic (exact) mass is 332 g/mol. The summed E-state index contributed by atoms with van der Waals surface area (Å²) in [5, 5.41) is 20.0. The normalized spacial score (nSPS) is 13.0. The molecule has 3 nitrogen and oxygen atoms in total. The molecule has 4 heteroatoms. The Morgan fingerprint density at radius 1 is 1.05 bits per heavy atom. The fraction of sp³-hybridized carbons (Fsp3) is 0.611. The van der Waals surface area contributed by atoms with Crippen LogP contribution in [0.1, 0.15) is 64.7 Å². The van der Waals surface area contributed by atoms with E-state index in [0.29, 0.717) is 12.8 Å². The number of aliphatic hydroxyl groups is 1. The largest absolute Gasteiger partial charge is 1.00 e. The molecule has 120 valence electrons. The van der Waals surface area contributed by atoms with E-state index in [1.165, 1.54) is 12.8 Å². The molecule has 0 aromatic heterocycles. The number of hydrogen-bond acceptors (Lipinski definition) is 3. The maximum Gasteiger partial charge on any atom is 1.00 e. The van der Waals surface area contributed by atoms with E-state index in [0.717, 1.165) is 25.7 Å². The van der Waals surface area contributed by atoms with Crippen molar-refractivity contribution in [1.29, 1.82) is 0 Å². The predicted molar refractivity (Wildman–Crippen MR) is 85.7 cm³/mol. The van der Waals surface area contributed by atoms with Crippen LogP contribution in [0.4, 0.5) is 0 Å². The van der Waals surface area contributed by atoms with Gasteiger partial charge < -0.3 is 15.0 Å². The Labute approximate surface area is 178 Å². The first-order chi connectivity index (χ1) is 10.2. The number of carboxylic acid groups (broad SMARTS) is 1. The van der Waals surface area contributed by atoms with Gasteiger partial charge in [0.1, 0.15) is 0 Å². The number of carbonyl (C=O) groups is 1. The van der Waals surface area contributed by atoms with Gasteiger partial charge in [0.15, 0.2) is 0 Å². The molecule has 0 rings (SSSR count). The Bertz CT molecular complexity index is 335. The van der Waals surface area contributed by atoms with Crippen molar-refractivity contribution < 1.29 is 66.4 Å². The molecular formula is C18H29KO3. The fourth-order valence-corrected chi connectivity index (χ4v) is 1.88. The second-order valence-electron chi connectivity index (χ2n) is 5.24. The summed E-state index contributed by atoms with van der Waals surface area (Å²) in [5.41, 5.74) is 0. The van der Waals surface area contributed by atoms with Crippen molar-refractivity contribution in [2.45, 2.75) is 70.8 Å². The zero-order valence-electron chi connectivity index (χ0n) is 14.2. The van der Waals surface area contributed by atoms with Crippen molar-refractivity contribution in [3.8, 4) is 0 Å². The molecule has 0 fully saturated rings. The van der Waals surface area contributed by atoms with Gasteiger partial charge in [0.2, 0.25) is 0 Å². The molecule has 0 aliphatic carbocycles. The number of allylic oxidation sites excluding steroid dienone is 5. The van der Waals surface area contributed by atoms with Crippen LogP contribution in [-0.2, 0) is 4.79 Å². The molecule has 0 amide bonds. The van der Waals surface area contributed by atoms with Crippen LogP contribution in [0.5, 0.6) is 0 Å². The fourth-order valence-electron chi connectivity index (χ4n) is 1.88. The molecule has 0 aromatic carbocycles. The summed E-state index contributed by atoms with van der Waals surface area (Å²) in [7, 11) is 0. The second kappa shape index (κ2) is 19.3. The summed E-state index contributed by atoms with van der Waals surface area (Å²) < 4.78 is 0. The smallest absolute Gasteiger partial charge is 0.550 e. The van der Waals surface area contributed by atoms with Crippen molar-refractivity contribution >= 4 is 5.97 Å². The van der Waals surface area contributed by atoms with E-state index >= 15 is 0 Å².